The third kappa shape index (κ3) is 2.27. The van der Waals surface area contributed by atoms with Gasteiger partial charge in [0.2, 0.25) is 0 Å². The lowest BCUT2D eigenvalue weighted by Crippen LogP contribution is -2.34. The molecule has 2 aromatic rings. The minimum atomic E-state index is -0.823. The van der Waals surface area contributed by atoms with E-state index in [1.165, 1.54) is 12.1 Å². The van der Waals surface area contributed by atoms with Crippen LogP contribution in [-0.4, -0.2) is 23.1 Å². The molecule has 1 saturated heterocycles. The Morgan fingerprint density at radius 3 is 2.77 bits per heavy atom. The van der Waals surface area contributed by atoms with Crippen molar-refractivity contribution in [3.63, 3.8) is 0 Å². The van der Waals surface area contributed by atoms with Crippen molar-refractivity contribution in [2.45, 2.75) is 25.0 Å². The summed E-state index contributed by atoms with van der Waals surface area (Å²) >= 11 is 0. The fraction of sp³-hybridized carbons (Fsp3) is 0.444. The zero-order valence-corrected chi connectivity index (χ0v) is 12.4. The summed E-state index contributed by atoms with van der Waals surface area (Å²) in [4.78, 5) is 2.35. The van der Waals surface area contributed by atoms with Crippen LogP contribution in [0, 0.1) is 17.7 Å². The van der Waals surface area contributed by atoms with Crippen LogP contribution < -0.4 is 0 Å². The molecule has 1 aliphatic heterocycles. The lowest BCUT2D eigenvalue weighted by atomic mass is 9.82. The van der Waals surface area contributed by atoms with Crippen LogP contribution in [-0.2, 0) is 12.1 Å². The second-order valence-electron chi connectivity index (χ2n) is 6.61. The quantitative estimate of drug-likeness (QED) is 0.946. The zero-order valence-electron chi connectivity index (χ0n) is 12.4. The van der Waals surface area contributed by atoms with Gasteiger partial charge in [0.1, 0.15) is 11.6 Å². The zero-order chi connectivity index (χ0) is 15.2. The van der Waals surface area contributed by atoms with E-state index in [9.17, 15) is 9.50 Å². The van der Waals surface area contributed by atoms with Crippen LogP contribution in [0.25, 0.3) is 0 Å². The molecule has 0 amide bonds. The van der Waals surface area contributed by atoms with Crippen LogP contribution in [0.4, 0.5) is 4.39 Å². The Balaban J connectivity index is 1.53. The van der Waals surface area contributed by atoms with Crippen LogP contribution in [0.15, 0.2) is 47.1 Å². The summed E-state index contributed by atoms with van der Waals surface area (Å²) in [7, 11) is 0. The highest BCUT2D eigenvalue weighted by Crippen LogP contribution is 2.50. The van der Waals surface area contributed by atoms with Crippen molar-refractivity contribution in [3.05, 3.63) is 59.8 Å². The number of furan rings is 1. The average molecular weight is 301 g/mol. The standard InChI is InChI=1S/C18H20FNO2/c19-15-5-3-14(4-6-15)18(21)8-7-13-10-20(12-17(13)18)11-16-2-1-9-22-16/h1-6,9,13,17,21H,7-8,10-12H2. The molecule has 2 fully saturated rings. The van der Waals surface area contributed by atoms with Gasteiger partial charge in [-0.3, -0.25) is 4.90 Å². The molecule has 1 aromatic heterocycles. The van der Waals surface area contributed by atoms with Gasteiger partial charge in [-0.05, 0) is 48.6 Å². The molecule has 0 spiro atoms. The molecule has 2 aliphatic rings. The van der Waals surface area contributed by atoms with Gasteiger partial charge in [0, 0.05) is 19.0 Å². The van der Waals surface area contributed by atoms with Crippen LogP contribution in [0.3, 0.4) is 0 Å². The molecule has 3 atom stereocenters. The number of fused-ring (bicyclic) bond motifs is 1. The smallest absolute Gasteiger partial charge is 0.123 e. The van der Waals surface area contributed by atoms with Gasteiger partial charge in [-0.15, -0.1) is 0 Å². The van der Waals surface area contributed by atoms with Crippen molar-refractivity contribution < 1.29 is 13.9 Å². The first-order valence-corrected chi connectivity index (χ1v) is 7.88. The molecule has 1 saturated carbocycles. The van der Waals surface area contributed by atoms with Gasteiger partial charge in [0.15, 0.2) is 0 Å². The van der Waals surface area contributed by atoms with E-state index < -0.39 is 5.60 Å². The molecule has 0 bridgehead atoms. The SMILES string of the molecule is OC1(c2ccc(F)cc2)CCC2CN(Cc3ccco3)CC21. The summed E-state index contributed by atoms with van der Waals surface area (Å²) in [5, 5.41) is 11.2. The summed E-state index contributed by atoms with van der Waals surface area (Å²) in [6.45, 7) is 2.65. The second kappa shape index (κ2) is 5.21. The Kier molecular flexibility index (Phi) is 3.31. The molecule has 1 aliphatic carbocycles. The molecule has 1 N–H and O–H groups in total. The minimum absolute atomic E-state index is 0.216. The summed E-state index contributed by atoms with van der Waals surface area (Å²) < 4.78 is 18.6. The van der Waals surface area contributed by atoms with Crippen molar-refractivity contribution in [1.29, 1.82) is 0 Å². The monoisotopic (exact) mass is 301 g/mol. The van der Waals surface area contributed by atoms with Crippen LogP contribution >= 0.6 is 0 Å². The van der Waals surface area contributed by atoms with Crippen LogP contribution in [0.5, 0.6) is 0 Å². The summed E-state index contributed by atoms with van der Waals surface area (Å²) in [6.07, 6.45) is 3.48. The maximum Gasteiger partial charge on any atom is 0.123 e. The van der Waals surface area contributed by atoms with Gasteiger partial charge in [0.25, 0.3) is 0 Å². The van der Waals surface area contributed by atoms with E-state index >= 15 is 0 Å². The molecule has 22 heavy (non-hydrogen) atoms. The normalized spacial score (nSPS) is 31.5. The highest BCUT2D eigenvalue weighted by Gasteiger charge is 2.52. The van der Waals surface area contributed by atoms with E-state index in [-0.39, 0.29) is 11.7 Å². The number of nitrogens with zero attached hydrogens (tertiary/aromatic N) is 1. The van der Waals surface area contributed by atoms with Gasteiger partial charge < -0.3 is 9.52 Å². The Bertz CT molecular complexity index is 640. The minimum Gasteiger partial charge on any atom is -0.468 e. The van der Waals surface area contributed by atoms with Gasteiger partial charge in [-0.1, -0.05) is 12.1 Å². The first-order valence-electron chi connectivity index (χ1n) is 7.88. The van der Waals surface area contributed by atoms with E-state index in [2.05, 4.69) is 4.90 Å². The Morgan fingerprint density at radius 1 is 1.23 bits per heavy atom. The molecule has 0 radical (unpaired) electrons. The van der Waals surface area contributed by atoms with Crippen molar-refractivity contribution >= 4 is 0 Å². The highest BCUT2D eigenvalue weighted by atomic mass is 19.1. The third-order valence-corrected chi connectivity index (χ3v) is 5.33. The lowest BCUT2D eigenvalue weighted by molar-refractivity contribution is -0.00710. The highest BCUT2D eigenvalue weighted by molar-refractivity contribution is 5.27. The second-order valence-corrected chi connectivity index (χ2v) is 6.61. The van der Waals surface area contributed by atoms with E-state index in [1.54, 1.807) is 18.4 Å². The Hall–Kier alpha value is -1.65. The topological polar surface area (TPSA) is 36.6 Å². The van der Waals surface area contributed by atoms with E-state index in [1.807, 2.05) is 12.1 Å². The van der Waals surface area contributed by atoms with Crippen LogP contribution in [0.2, 0.25) is 0 Å². The maximum atomic E-state index is 13.1. The molecular formula is C18H20FNO2. The number of aliphatic hydroxyl groups is 1. The fourth-order valence-corrected chi connectivity index (χ4v) is 4.23. The predicted octanol–water partition coefficient (Wildman–Crippen LogP) is 3.15. The number of hydrogen-bond acceptors (Lipinski definition) is 3. The van der Waals surface area contributed by atoms with Crippen molar-refractivity contribution in [2.24, 2.45) is 11.8 Å². The van der Waals surface area contributed by atoms with Crippen molar-refractivity contribution in [2.75, 3.05) is 13.1 Å². The van der Waals surface area contributed by atoms with Gasteiger partial charge in [-0.25, -0.2) is 4.39 Å². The van der Waals surface area contributed by atoms with Crippen molar-refractivity contribution in [3.8, 4) is 0 Å². The molecule has 1 aromatic carbocycles. The lowest BCUT2D eigenvalue weighted by Gasteiger charge is -2.30. The van der Waals surface area contributed by atoms with E-state index in [0.29, 0.717) is 5.92 Å². The molecule has 116 valence electrons. The average Bonchev–Trinajstić information content (AvgIpc) is 3.21. The van der Waals surface area contributed by atoms with E-state index in [4.69, 9.17) is 4.42 Å². The number of benzene rings is 1. The summed E-state index contributed by atoms with van der Waals surface area (Å²) in [5.74, 6) is 1.43. The molecule has 3 nitrogen and oxygen atoms in total. The number of hydrogen-bond donors (Lipinski definition) is 1. The molecule has 4 rings (SSSR count). The first kappa shape index (κ1) is 14.0. The predicted molar refractivity (Wildman–Crippen MR) is 80.5 cm³/mol. The maximum absolute atomic E-state index is 13.1. The number of halogens is 1. The summed E-state index contributed by atoms with van der Waals surface area (Å²) in [6, 6.07) is 10.2. The Labute approximate surface area is 129 Å². The number of rotatable bonds is 3. The molecule has 4 heteroatoms. The molecular weight excluding hydrogens is 281 g/mol. The largest absolute Gasteiger partial charge is 0.468 e. The fourth-order valence-electron chi connectivity index (χ4n) is 4.23. The van der Waals surface area contributed by atoms with Crippen molar-refractivity contribution in [1.82, 2.24) is 4.90 Å². The third-order valence-electron chi connectivity index (χ3n) is 5.33. The van der Waals surface area contributed by atoms with Gasteiger partial charge in [0.05, 0.1) is 18.4 Å². The number of likely N-dealkylation sites (tertiary alicyclic amines) is 1. The van der Waals surface area contributed by atoms with Gasteiger partial charge in [-0.2, -0.15) is 0 Å². The van der Waals surface area contributed by atoms with E-state index in [0.717, 1.165) is 43.8 Å². The van der Waals surface area contributed by atoms with Crippen LogP contribution in [0.1, 0.15) is 24.2 Å². The molecule has 2 heterocycles. The first-order chi connectivity index (χ1) is 10.6. The van der Waals surface area contributed by atoms with Gasteiger partial charge >= 0.3 is 0 Å². The summed E-state index contributed by atoms with van der Waals surface area (Å²) in [5.41, 5.74) is 0.0252. The Morgan fingerprint density at radius 2 is 2.05 bits per heavy atom. The molecule has 3 unspecified atom stereocenters.